The first-order valence-electron chi connectivity index (χ1n) is 9.37. The van der Waals surface area contributed by atoms with Gasteiger partial charge in [0.05, 0.1) is 5.52 Å². The molecule has 0 spiro atoms. The third kappa shape index (κ3) is 4.34. The van der Waals surface area contributed by atoms with Crippen LogP contribution in [0, 0.1) is 6.92 Å². The van der Waals surface area contributed by atoms with Crippen LogP contribution in [0.2, 0.25) is 0 Å². The van der Waals surface area contributed by atoms with E-state index in [-0.39, 0.29) is 17.6 Å². The molecule has 146 valence electrons. The average Bonchev–Trinajstić information content (AvgIpc) is 2.58. The fraction of sp³-hybridized carbons (Fsp3) is 0.550. The molecule has 1 fully saturated rings. The minimum absolute atomic E-state index is 0.0677. The van der Waals surface area contributed by atoms with Crippen LogP contribution in [0.25, 0.3) is 10.9 Å². The number of aromatic nitrogens is 2. The maximum absolute atomic E-state index is 11.7. The van der Waals surface area contributed by atoms with Gasteiger partial charge in [0.2, 0.25) is 5.95 Å². The van der Waals surface area contributed by atoms with Gasteiger partial charge in [-0.15, -0.1) is 0 Å². The van der Waals surface area contributed by atoms with Crippen molar-refractivity contribution in [2.45, 2.75) is 71.0 Å². The summed E-state index contributed by atoms with van der Waals surface area (Å²) < 4.78 is 1.06. The molecular formula is C20H27BrN4O2. The molecule has 0 atom stereocenters. The van der Waals surface area contributed by atoms with Crippen LogP contribution in [-0.2, 0) is 0 Å². The molecule has 7 heteroatoms. The van der Waals surface area contributed by atoms with Crippen LogP contribution in [0.3, 0.4) is 0 Å². The fourth-order valence-electron chi connectivity index (χ4n) is 3.94. The second-order valence-electron chi connectivity index (χ2n) is 8.27. The van der Waals surface area contributed by atoms with Gasteiger partial charge in [0.25, 0.3) is 0 Å². The Kier molecular flexibility index (Phi) is 5.60. The molecule has 0 aliphatic heterocycles. The van der Waals surface area contributed by atoms with Gasteiger partial charge in [-0.05, 0) is 71.1 Å². The van der Waals surface area contributed by atoms with Crippen molar-refractivity contribution in [3.05, 3.63) is 28.4 Å². The minimum Gasteiger partial charge on any atom is -0.465 e. The van der Waals surface area contributed by atoms with Gasteiger partial charge in [0.1, 0.15) is 0 Å². The lowest BCUT2D eigenvalue weighted by molar-refractivity contribution is 0.0556. The standard InChI is InChI=1S/C20H27BrN4O2/c1-12-15-11-22-18(24-17(15)10-9-16(12)21)23-13-5-7-14(8-6-13)25(19(26)27)20(2,3)4/h9-11,13-14H,5-8H2,1-4H3,(H,26,27)(H,22,23,24). The van der Waals surface area contributed by atoms with Gasteiger partial charge in [-0.2, -0.15) is 0 Å². The molecular weight excluding hydrogens is 408 g/mol. The first-order chi connectivity index (χ1) is 12.7. The number of nitrogens with zero attached hydrogens (tertiary/aromatic N) is 3. The lowest BCUT2D eigenvalue weighted by Gasteiger charge is -2.42. The number of aryl methyl sites for hydroxylation is 1. The van der Waals surface area contributed by atoms with Crippen LogP contribution in [0.15, 0.2) is 22.8 Å². The predicted octanol–water partition coefficient (Wildman–Crippen LogP) is 5.20. The molecule has 1 aromatic heterocycles. The molecule has 1 amide bonds. The lowest BCUT2D eigenvalue weighted by Crippen LogP contribution is -2.52. The number of nitrogens with one attached hydrogen (secondary N) is 1. The number of halogens is 1. The summed E-state index contributed by atoms with van der Waals surface area (Å²) in [6.45, 7) is 7.91. The topological polar surface area (TPSA) is 78.4 Å². The SMILES string of the molecule is Cc1c(Br)ccc2nc(NC3CCC(N(C(=O)O)C(C)(C)C)CC3)ncc12. The predicted molar refractivity (Wildman–Crippen MR) is 111 cm³/mol. The Balaban J connectivity index is 1.66. The van der Waals surface area contributed by atoms with Crippen molar-refractivity contribution in [3.63, 3.8) is 0 Å². The molecule has 0 unspecified atom stereocenters. The number of anilines is 1. The highest BCUT2D eigenvalue weighted by Crippen LogP contribution is 2.30. The van der Waals surface area contributed by atoms with E-state index >= 15 is 0 Å². The molecule has 1 aliphatic rings. The molecule has 1 aliphatic carbocycles. The maximum Gasteiger partial charge on any atom is 0.407 e. The second-order valence-corrected chi connectivity index (χ2v) is 9.13. The van der Waals surface area contributed by atoms with Crippen molar-refractivity contribution in [1.29, 1.82) is 0 Å². The van der Waals surface area contributed by atoms with Gasteiger partial charge >= 0.3 is 6.09 Å². The summed E-state index contributed by atoms with van der Waals surface area (Å²) in [5.41, 5.74) is 1.67. The Bertz CT molecular complexity index is 842. The summed E-state index contributed by atoms with van der Waals surface area (Å²) in [5.74, 6) is 0.638. The fourth-order valence-corrected chi connectivity index (χ4v) is 4.28. The van der Waals surface area contributed by atoms with Crippen LogP contribution in [0.4, 0.5) is 10.7 Å². The van der Waals surface area contributed by atoms with Crippen molar-refractivity contribution in [2.75, 3.05) is 5.32 Å². The summed E-state index contributed by atoms with van der Waals surface area (Å²) in [5, 5.41) is 14.1. The van der Waals surface area contributed by atoms with E-state index in [0.29, 0.717) is 5.95 Å². The summed E-state index contributed by atoms with van der Waals surface area (Å²) in [6.07, 6.45) is 4.54. The zero-order valence-electron chi connectivity index (χ0n) is 16.3. The van der Waals surface area contributed by atoms with Gasteiger partial charge in [-0.25, -0.2) is 14.8 Å². The molecule has 1 saturated carbocycles. The van der Waals surface area contributed by atoms with Crippen molar-refractivity contribution in [1.82, 2.24) is 14.9 Å². The van der Waals surface area contributed by atoms with E-state index in [4.69, 9.17) is 0 Å². The van der Waals surface area contributed by atoms with Crippen molar-refractivity contribution in [2.24, 2.45) is 0 Å². The van der Waals surface area contributed by atoms with Gasteiger partial charge in [-0.3, -0.25) is 0 Å². The molecule has 1 aromatic carbocycles. The Hall–Kier alpha value is -1.89. The highest BCUT2D eigenvalue weighted by Gasteiger charge is 2.35. The van der Waals surface area contributed by atoms with Crippen LogP contribution in [-0.4, -0.2) is 43.7 Å². The molecule has 0 saturated heterocycles. The van der Waals surface area contributed by atoms with Crippen molar-refractivity contribution < 1.29 is 9.90 Å². The van der Waals surface area contributed by atoms with Crippen molar-refractivity contribution in [3.8, 4) is 0 Å². The number of hydrogen-bond acceptors (Lipinski definition) is 4. The summed E-state index contributed by atoms with van der Waals surface area (Å²) in [4.78, 5) is 22.4. The van der Waals surface area contributed by atoms with E-state index in [9.17, 15) is 9.90 Å². The highest BCUT2D eigenvalue weighted by atomic mass is 79.9. The monoisotopic (exact) mass is 434 g/mol. The zero-order chi connectivity index (χ0) is 19.8. The van der Waals surface area contributed by atoms with E-state index in [1.54, 1.807) is 4.90 Å². The smallest absolute Gasteiger partial charge is 0.407 e. The molecule has 27 heavy (non-hydrogen) atoms. The Labute approximate surface area is 168 Å². The maximum atomic E-state index is 11.7. The Morgan fingerprint density at radius 2 is 1.93 bits per heavy atom. The van der Waals surface area contributed by atoms with E-state index in [0.717, 1.165) is 46.6 Å². The van der Waals surface area contributed by atoms with Gasteiger partial charge in [0.15, 0.2) is 0 Å². The first-order valence-corrected chi connectivity index (χ1v) is 10.2. The average molecular weight is 435 g/mol. The third-order valence-corrected chi connectivity index (χ3v) is 6.15. The number of carbonyl (C=O) groups is 1. The van der Waals surface area contributed by atoms with E-state index in [1.807, 2.05) is 46.0 Å². The minimum atomic E-state index is -0.835. The van der Waals surface area contributed by atoms with E-state index < -0.39 is 6.09 Å². The van der Waals surface area contributed by atoms with E-state index in [2.05, 4.69) is 31.2 Å². The number of hydrogen-bond donors (Lipinski definition) is 2. The molecule has 0 bridgehead atoms. The lowest BCUT2D eigenvalue weighted by atomic mass is 9.88. The molecule has 0 radical (unpaired) electrons. The molecule has 3 rings (SSSR count). The van der Waals surface area contributed by atoms with Crippen LogP contribution in [0.1, 0.15) is 52.0 Å². The molecule has 2 N–H and O–H groups in total. The van der Waals surface area contributed by atoms with Gasteiger partial charge < -0.3 is 15.3 Å². The highest BCUT2D eigenvalue weighted by molar-refractivity contribution is 9.10. The van der Waals surface area contributed by atoms with Crippen molar-refractivity contribution >= 4 is 38.9 Å². The van der Waals surface area contributed by atoms with E-state index in [1.165, 1.54) is 0 Å². The number of amides is 1. The normalized spacial score (nSPS) is 20.5. The number of benzene rings is 1. The van der Waals surface area contributed by atoms with Gasteiger partial charge in [0, 0.05) is 33.7 Å². The Morgan fingerprint density at radius 1 is 1.26 bits per heavy atom. The van der Waals surface area contributed by atoms with Crippen LogP contribution < -0.4 is 5.32 Å². The summed E-state index contributed by atoms with van der Waals surface area (Å²) in [6, 6.07) is 4.33. The number of rotatable bonds is 3. The third-order valence-electron chi connectivity index (χ3n) is 5.29. The first kappa shape index (κ1) is 19.9. The largest absolute Gasteiger partial charge is 0.465 e. The number of carboxylic acid groups (broad SMARTS) is 1. The summed E-state index contributed by atoms with van der Waals surface area (Å²) in [7, 11) is 0. The zero-order valence-corrected chi connectivity index (χ0v) is 17.9. The molecule has 2 aromatic rings. The second kappa shape index (κ2) is 7.62. The molecule has 1 heterocycles. The van der Waals surface area contributed by atoms with Gasteiger partial charge in [-0.1, -0.05) is 15.9 Å². The molecule has 6 nitrogen and oxygen atoms in total. The summed E-state index contributed by atoms with van der Waals surface area (Å²) >= 11 is 3.54. The Morgan fingerprint density at radius 3 is 2.52 bits per heavy atom. The van der Waals surface area contributed by atoms with Crippen LogP contribution in [0.5, 0.6) is 0 Å². The number of fused-ring (bicyclic) bond motifs is 1. The van der Waals surface area contributed by atoms with Crippen LogP contribution >= 0.6 is 15.9 Å². The quantitative estimate of drug-likeness (QED) is 0.693.